The number of aliphatic hydroxyl groups is 1. The number of carbonyl (C=O) groups is 1. The fourth-order valence-corrected chi connectivity index (χ4v) is 9.11. The minimum atomic E-state index is -0.235. The fourth-order valence-electron chi connectivity index (χ4n) is 9.11. The maximum absolute atomic E-state index is 12.4. The summed E-state index contributed by atoms with van der Waals surface area (Å²) in [6.07, 6.45) is 11.6. The molecule has 4 aliphatic rings. The maximum atomic E-state index is 12.4. The van der Waals surface area contributed by atoms with Crippen LogP contribution in [-0.2, 0) is 4.79 Å². The quantitative estimate of drug-likeness (QED) is 0.436. The van der Waals surface area contributed by atoms with E-state index < -0.39 is 0 Å². The van der Waals surface area contributed by atoms with Gasteiger partial charge >= 0.3 is 0 Å². The Morgan fingerprint density at radius 1 is 0.941 bits per heavy atom. The molecule has 1 saturated heterocycles. The summed E-state index contributed by atoms with van der Waals surface area (Å²) in [4.78, 5) is 14.4. The second-order valence-electron chi connectivity index (χ2n) is 12.7. The van der Waals surface area contributed by atoms with Gasteiger partial charge in [-0.2, -0.15) is 0 Å². The molecule has 1 amide bonds. The standard InChI is InChI=1S/C27H47NO2.2C2H6/c1-17(2)8-7-9-18(3)19-10-11-20-25-21(12-14-26(19,20)4)27(5)15-13-24(30)28(6)23(27)16-22(25)29;2*1-2/h17-23,25,29H,7-16H2,1-6H3;2*1-2H3/t18?,19?,20?,21?,22?,23?,25?,26-,27-;;/m1../s1. The molecule has 1 N–H and O–H groups in total. The van der Waals surface area contributed by atoms with Crippen molar-refractivity contribution in [2.24, 2.45) is 46.3 Å². The fraction of sp³-hybridized carbons (Fsp3) is 0.968. The van der Waals surface area contributed by atoms with Gasteiger partial charge in [-0.15, -0.1) is 0 Å². The highest BCUT2D eigenvalue weighted by Crippen LogP contribution is 2.67. The first kappa shape index (κ1) is 29.7. The highest BCUT2D eigenvalue weighted by Gasteiger charge is 2.63. The van der Waals surface area contributed by atoms with E-state index in [9.17, 15) is 9.90 Å². The van der Waals surface area contributed by atoms with Crippen molar-refractivity contribution in [2.45, 2.75) is 139 Å². The Morgan fingerprint density at radius 3 is 2.18 bits per heavy atom. The second-order valence-corrected chi connectivity index (χ2v) is 12.7. The molecule has 1 heterocycles. The van der Waals surface area contributed by atoms with E-state index in [1.54, 1.807) is 0 Å². The van der Waals surface area contributed by atoms with Crippen LogP contribution in [0.1, 0.15) is 127 Å². The Kier molecular flexibility index (Phi) is 10.6. The number of likely N-dealkylation sites (tertiary alicyclic amines) is 1. The van der Waals surface area contributed by atoms with Gasteiger partial charge in [0.05, 0.1) is 6.10 Å². The highest BCUT2D eigenvalue weighted by atomic mass is 16.3. The summed E-state index contributed by atoms with van der Waals surface area (Å²) in [7, 11) is 1.98. The molecule has 34 heavy (non-hydrogen) atoms. The molecule has 7 unspecified atom stereocenters. The normalized spacial score (nSPS) is 41.9. The van der Waals surface area contributed by atoms with Gasteiger partial charge in [-0.25, -0.2) is 0 Å². The molecule has 3 aliphatic carbocycles. The summed E-state index contributed by atoms with van der Waals surface area (Å²) in [6.45, 7) is 20.2. The zero-order valence-electron chi connectivity index (χ0n) is 24.5. The van der Waals surface area contributed by atoms with Gasteiger partial charge in [-0.3, -0.25) is 4.79 Å². The number of nitrogens with zero attached hydrogens (tertiary/aromatic N) is 1. The first-order chi connectivity index (χ1) is 16.1. The smallest absolute Gasteiger partial charge is 0.222 e. The van der Waals surface area contributed by atoms with Crippen molar-refractivity contribution in [3.8, 4) is 0 Å². The van der Waals surface area contributed by atoms with E-state index in [0.717, 1.165) is 30.6 Å². The second kappa shape index (κ2) is 12.1. The Hall–Kier alpha value is -0.570. The molecule has 0 radical (unpaired) electrons. The molecular weight excluding hydrogens is 418 g/mol. The van der Waals surface area contributed by atoms with Crippen LogP contribution in [0.25, 0.3) is 0 Å². The number of aliphatic hydroxyl groups excluding tert-OH is 1. The van der Waals surface area contributed by atoms with Crippen LogP contribution < -0.4 is 0 Å². The van der Waals surface area contributed by atoms with Gasteiger partial charge in [-0.1, -0.05) is 81.6 Å². The number of rotatable bonds is 5. The average Bonchev–Trinajstić information content (AvgIpc) is 3.17. The minimum absolute atomic E-state index is 0.189. The molecule has 200 valence electrons. The number of amides is 1. The van der Waals surface area contributed by atoms with Crippen molar-refractivity contribution in [3.05, 3.63) is 0 Å². The summed E-state index contributed by atoms with van der Waals surface area (Å²) in [5.74, 6) is 4.41. The van der Waals surface area contributed by atoms with Crippen LogP contribution in [0.4, 0.5) is 0 Å². The van der Waals surface area contributed by atoms with Crippen LogP contribution in [0.15, 0.2) is 0 Å². The van der Waals surface area contributed by atoms with E-state index in [1.807, 2.05) is 39.6 Å². The summed E-state index contributed by atoms with van der Waals surface area (Å²) in [5.41, 5.74) is 0.591. The summed E-state index contributed by atoms with van der Waals surface area (Å²) < 4.78 is 0. The molecule has 4 rings (SSSR count). The van der Waals surface area contributed by atoms with Crippen molar-refractivity contribution < 1.29 is 9.90 Å². The third kappa shape index (κ3) is 5.25. The van der Waals surface area contributed by atoms with Crippen molar-refractivity contribution in [3.63, 3.8) is 0 Å². The third-order valence-corrected chi connectivity index (χ3v) is 10.8. The van der Waals surface area contributed by atoms with Gasteiger partial charge in [0.1, 0.15) is 0 Å². The Morgan fingerprint density at radius 2 is 1.56 bits per heavy atom. The zero-order chi connectivity index (χ0) is 25.8. The molecule has 3 nitrogen and oxygen atoms in total. The molecule has 0 aromatic carbocycles. The lowest BCUT2D eigenvalue weighted by Gasteiger charge is -2.63. The lowest BCUT2D eigenvalue weighted by atomic mass is 9.45. The average molecular weight is 478 g/mol. The van der Waals surface area contributed by atoms with E-state index >= 15 is 0 Å². The highest BCUT2D eigenvalue weighted by molar-refractivity contribution is 5.77. The Labute approximate surface area is 212 Å². The molecule has 0 aromatic heterocycles. The largest absolute Gasteiger partial charge is 0.393 e. The van der Waals surface area contributed by atoms with E-state index in [0.29, 0.717) is 29.6 Å². The van der Waals surface area contributed by atoms with Gasteiger partial charge in [0.2, 0.25) is 5.91 Å². The number of fused-ring (bicyclic) bond motifs is 5. The molecule has 3 saturated carbocycles. The summed E-state index contributed by atoms with van der Waals surface area (Å²) >= 11 is 0. The van der Waals surface area contributed by atoms with Crippen LogP contribution in [0.2, 0.25) is 0 Å². The zero-order valence-corrected chi connectivity index (χ0v) is 24.5. The van der Waals surface area contributed by atoms with Crippen LogP contribution in [0, 0.1) is 46.3 Å². The summed E-state index contributed by atoms with van der Waals surface area (Å²) in [6, 6.07) is 0.228. The van der Waals surface area contributed by atoms with Crippen molar-refractivity contribution in [2.75, 3.05) is 7.05 Å². The third-order valence-electron chi connectivity index (χ3n) is 10.8. The minimum Gasteiger partial charge on any atom is -0.393 e. The van der Waals surface area contributed by atoms with Crippen molar-refractivity contribution in [1.29, 1.82) is 0 Å². The van der Waals surface area contributed by atoms with Crippen LogP contribution in [0.3, 0.4) is 0 Å². The predicted octanol–water partition coefficient (Wildman–Crippen LogP) is 7.95. The van der Waals surface area contributed by atoms with Gasteiger partial charge < -0.3 is 10.0 Å². The summed E-state index contributed by atoms with van der Waals surface area (Å²) in [5, 5.41) is 11.4. The monoisotopic (exact) mass is 477 g/mol. The van der Waals surface area contributed by atoms with Gasteiger partial charge in [0.15, 0.2) is 0 Å². The van der Waals surface area contributed by atoms with Gasteiger partial charge in [-0.05, 0) is 84.9 Å². The van der Waals surface area contributed by atoms with Gasteiger partial charge in [0, 0.05) is 19.5 Å². The molecule has 0 spiro atoms. The first-order valence-corrected chi connectivity index (χ1v) is 15.0. The van der Waals surface area contributed by atoms with Gasteiger partial charge in [0.25, 0.3) is 0 Å². The number of hydrogen-bond donors (Lipinski definition) is 1. The van der Waals surface area contributed by atoms with E-state index in [2.05, 4.69) is 34.6 Å². The van der Waals surface area contributed by atoms with Crippen LogP contribution >= 0.6 is 0 Å². The van der Waals surface area contributed by atoms with Crippen LogP contribution in [0.5, 0.6) is 0 Å². The Bertz CT molecular complexity index is 647. The van der Waals surface area contributed by atoms with E-state index in [4.69, 9.17) is 0 Å². The SMILES string of the molecule is CC.CC.CC(C)CCCC(C)C1CCC2C3C(O)CC4N(C)C(=O)CC[C@]4(C)C3CC[C@]12C. The topological polar surface area (TPSA) is 40.5 Å². The first-order valence-electron chi connectivity index (χ1n) is 15.0. The maximum Gasteiger partial charge on any atom is 0.222 e. The van der Waals surface area contributed by atoms with E-state index in [1.165, 1.54) is 44.9 Å². The van der Waals surface area contributed by atoms with Crippen molar-refractivity contribution >= 4 is 5.91 Å². The number of piperidine rings is 1. The lowest BCUT2D eigenvalue weighted by molar-refractivity contribution is -0.181. The molecule has 0 aromatic rings. The number of hydrogen-bond acceptors (Lipinski definition) is 2. The van der Waals surface area contributed by atoms with E-state index in [-0.39, 0.29) is 23.5 Å². The Balaban J connectivity index is 0.000000970. The number of carbonyl (C=O) groups excluding carboxylic acids is 1. The molecule has 9 atom stereocenters. The van der Waals surface area contributed by atoms with Crippen molar-refractivity contribution in [1.82, 2.24) is 4.90 Å². The predicted molar refractivity (Wildman–Crippen MR) is 146 cm³/mol. The molecule has 4 fully saturated rings. The molecule has 0 bridgehead atoms. The van der Waals surface area contributed by atoms with Crippen LogP contribution in [-0.4, -0.2) is 35.1 Å². The molecule has 3 heteroatoms. The molecule has 1 aliphatic heterocycles. The molecular formula is C31H59NO2. The lowest BCUT2D eigenvalue weighted by Crippen LogP contribution is -2.64.